The number of carbonyl (C=O) groups is 1. The van der Waals surface area contributed by atoms with E-state index in [0.29, 0.717) is 46.2 Å². The van der Waals surface area contributed by atoms with Gasteiger partial charge in [-0.1, -0.05) is 0 Å². The Bertz CT molecular complexity index is 1200. The molecule has 2 rings (SSSR count). The standard InChI is InChI=1S/C28H37F2NO9S/c1-4-35-12-13-37-16-17-38-15-14-36-11-10-31-41(33,34)24-8-6-23(7-9-24)40-27-25(29)19-22(20-26(27)30)18-21(3)28(32)39-5-2/h6-9,18-20,31H,4-5,10-17H2,1-3H3/b21-18+. The Morgan fingerprint density at radius 3 is 1.90 bits per heavy atom. The molecule has 1 N–H and O–H groups in total. The van der Waals surface area contributed by atoms with Gasteiger partial charge in [-0.2, -0.15) is 0 Å². The Hall–Kier alpha value is -2.94. The van der Waals surface area contributed by atoms with Crippen molar-refractivity contribution >= 4 is 22.1 Å². The van der Waals surface area contributed by atoms with Gasteiger partial charge in [0.1, 0.15) is 5.75 Å². The molecule has 0 bridgehead atoms. The van der Waals surface area contributed by atoms with Crippen molar-refractivity contribution in [2.45, 2.75) is 25.7 Å². The van der Waals surface area contributed by atoms with Crippen LogP contribution >= 0.6 is 0 Å². The fraction of sp³-hybridized carbons (Fsp3) is 0.464. The molecule has 13 heteroatoms. The van der Waals surface area contributed by atoms with Crippen molar-refractivity contribution < 1.29 is 50.4 Å². The highest BCUT2D eigenvalue weighted by atomic mass is 32.2. The van der Waals surface area contributed by atoms with Crippen LogP contribution in [0.25, 0.3) is 6.08 Å². The molecule has 0 amide bonds. The van der Waals surface area contributed by atoms with Crippen LogP contribution in [-0.2, 0) is 38.5 Å². The van der Waals surface area contributed by atoms with Crippen molar-refractivity contribution in [3.05, 3.63) is 59.2 Å². The zero-order chi connectivity index (χ0) is 30.1. The van der Waals surface area contributed by atoms with Gasteiger partial charge in [-0.3, -0.25) is 0 Å². The van der Waals surface area contributed by atoms with Gasteiger partial charge in [0.05, 0.1) is 57.8 Å². The molecule has 2 aromatic carbocycles. The summed E-state index contributed by atoms with van der Waals surface area (Å²) in [5.41, 5.74) is 0.289. The second kappa shape index (κ2) is 18.5. The smallest absolute Gasteiger partial charge is 0.333 e. The predicted molar refractivity (Wildman–Crippen MR) is 147 cm³/mol. The summed E-state index contributed by atoms with van der Waals surface area (Å²) >= 11 is 0. The zero-order valence-corrected chi connectivity index (χ0v) is 24.3. The van der Waals surface area contributed by atoms with E-state index >= 15 is 0 Å². The third-order valence-electron chi connectivity index (χ3n) is 5.21. The first kappa shape index (κ1) is 34.3. The van der Waals surface area contributed by atoms with Gasteiger partial charge < -0.3 is 28.4 Å². The van der Waals surface area contributed by atoms with E-state index in [1.807, 2.05) is 6.92 Å². The first-order valence-electron chi connectivity index (χ1n) is 13.1. The molecule has 0 aromatic heterocycles. The summed E-state index contributed by atoms with van der Waals surface area (Å²) in [6, 6.07) is 7.08. The van der Waals surface area contributed by atoms with Crippen molar-refractivity contribution in [3.63, 3.8) is 0 Å². The molecule has 0 unspecified atom stereocenters. The number of sulfonamides is 1. The minimum absolute atomic E-state index is 0.0239. The van der Waals surface area contributed by atoms with Crippen LogP contribution < -0.4 is 9.46 Å². The first-order chi connectivity index (χ1) is 19.7. The summed E-state index contributed by atoms with van der Waals surface area (Å²) < 4.78 is 87.9. The fourth-order valence-corrected chi connectivity index (χ4v) is 4.27. The molecule has 0 aliphatic heterocycles. The Labute approximate surface area is 239 Å². The third-order valence-corrected chi connectivity index (χ3v) is 6.69. The molecule has 2 aromatic rings. The summed E-state index contributed by atoms with van der Waals surface area (Å²) in [7, 11) is -3.85. The van der Waals surface area contributed by atoms with Crippen LogP contribution in [0, 0.1) is 11.6 Å². The zero-order valence-electron chi connectivity index (χ0n) is 23.5. The van der Waals surface area contributed by atoms with Crippen LogP contribution in [0.2, 0.25) is 0 Å². The number of benzene rings is 2. The van der Waals surface area contributed by atoms with E-state index in [1.165, 1.54) is 37.3 Å². The van der Waals surface area contributed by atoms with E-state index in [0.717, 1.165) is 12.1 Å². The highest BCUT2D eigenvalue weighted by molar-refractivity contribution is 7.89. The van der Waals surface area contributed by atoms with E-state index in [-0.39, 0.29) is 41.5 Å². The topological polar surface area (TPSA) is 119 Å². The first-order valence-corrected chi connectivity index (χ1v) is 14.6. The second-order valence-electron chi connectivity index (χ2n) is 8.37. The lowest BCUT2D eigenvalue weighted by Gasteiger charge is -2.11. The van der Waals surface area contributed by atoms with Gasteiger partial charge in [0.15, 0.2) is 17.4 Å². The number of hydrogen-bond acceptors (Lipinski definition) is 9. The molecule has 228 valence electrons. The molecule has 0 saturated carbocycles. The maximum absolute atomic E-state index is 14.6. The highest BCUT2D eigenvalue weighted by Gasteiger charge is 2.17. The molecule has 0 heterocycles. The van der Waals surface area contributed by atoms with Gasteiger partial charge in [-0.15, -0.1) is 0 Å². The van der Waals surface area contributed by atoms with Gasteiger partial charge in [0, 0.05) is 18.7 Å². The van der Waals surface area contributed by atoms with E-state index in [9.17, 15) is 22.0 Å². The van der Waals surface area contributed by atoms with Crippen LogP contribution in [0.15, 0.2) is 46.9 Å². The van der Waals surface area contributed by atoms with Gasteiger partial charge in [-0.05, 0) is 68.8 Å². The summed E-state index contributed by atoms with van der Waals surface area (Å²) in [6.45, 7) is 8.58. The number of halogens is 2. The highest BCUT2D eigenvalue weighted by Crippen LogP contribution is 2.30. The third kappa shape index (κ3) is 12.6. The molecule has 41 heavy (non-hydrogen) atoms. The lowest BCUT2D eigenvalue weighted by atomic mass is 10.1. The van der Waals surface area contributed by atoms with Gasteiger partial charge in [0.25, 0.3) is 0 Å². The van der Waals surface area contributed by atoms with Gasteiger partial charge >= 0.3 is 5.97 Å². The van der Waals surface area contributed by atoms with Crippen molar-refractivity contribution in [2.24, 2.45) is 0 Å². The Kier molecular flexibility index (Phi) is 15.4. The van der Waals surface area contributed by atoms with Crippen molar-refractivity contribution in [1.82, 2.24) is 4.72 Å². The largest absolute Gasteiger partial charge is 0.463 e. The summed E-state index contributed by atoms with van der Waals surface area (Å²) in [5, 5.41) is 0. The number of ether oxygens (including phenoxy) is 6. The lowest BCUT2D eigenvalue weighted by molar-refractivity contribution is -0.138. The van der Waals surface area contributed by atoms with Crippen LogP contribution in [0.5, 0.6) is 11.5 Å². The fourth-order valence-electron chi connectivity index (χ4n) is 3.25. The van der Waals surface area contributed by atoms with Gasteiger partial charge in [0.2, 0.25) is 10.0 Å². The predicted octanol–water partition coefficient (Wildman–Crippen LogP) is 4.09. The monoisotopic (exact) mass is 601 g/mol. The van der Waals surface area contributed by atoms with Crippen molar-refractivity contribution in [2.75, 3.05) is 66.0 Å². The lowest BCUT2D eigenvalue weighted by Crippen LogP contribution is -2.27. The average Bonchev–Trinajstić information content (AvgIpc) is 2.93. The van der Waals surface area contributed by atoms with Crippen LogP contribution in [0.1, 0.15) is 26.3 Å². The normalized spacial score (nSPS) is 12.0. The molecule has 0 aliphatic carbocycles. The summed E-state index contributed by atoms with van der Waals surface area (Å²) in [4.78, 5) is 11.7. The molecule has 0 spiro atoms. The van der Waals surface area contributed by atoms with Crippen LogP contribution in [0.3, 0.4) is 0 Å². The Morgan fingerprint density at radius 2 is 1.37 bits per heavy atom. The minimum atomic E-state index is -3.85. The molecule has 0 fully saturated rings. The number of esters is 1. The molecular weight excluding hydrogens is 564 g/mol. The minimum Gasteiger partial charge on any atom is -0.463 e. The molecular formula is C28H37F2NO9S. The molecule has 0 radical (unpaired) electrons. The van der Waals surface area contributed by atoms with Crippen LogP contribution in [0.4, 0.5) is 8.78 Å². The van der Waals surface area contributed by atoms with E-state index in [1.54, 1.807) is 6.92 Å². The van der Waals surface area contributed by atoms with Crippen molar-refractivity contribution in [1.29, 1.82) is 0 Å². The Balaban J connectivity index is 1.78. The number of nitrogens with one attached hydrogen (secondary N) is 1. The SMILES string of the molecule is CCOCCOCCOCCOCCNS(=O)(=O)c1ccc(Oc2c(F)cc(/C=C(\C)C(=O)OCC)cc2F)cc1. The average molecular weight is 602 g/mol. The maximum Gasteiger partial charge on any atom is 0.333 e. The molecule has 0 aliphatic rings. The quantitative estimate of drug-likeness (QED) is 0.136. The van der Waals surface area contributed by atoms with E-state index in [2.05, 4.69) is 4.72 Å². The van der Waals surface area contributed by atoms with E-state index < -0.39 is 33.4 Å². The molecule has 0 saturated heterocycles. The second-order valence-corrected chi connectivity index (χ2v) is 10.1. The van der Waals surface area contributed by atoms with E-state index in [4.69, 9.17) is 28.4 Å². The maximum atomic E-state index is 14.6. The Morgan fingerprint density at radius 1 is 0.829 bits per heavy atom. The molecule has 10 nitrogen and oxygen atoms in total. The summed E-state index contributed by atoms with van der Waals surface area (Å²) in [5.74, 6) is -3.23. The van der Waals surface area contributed by atoms with Crippen LogP contribution in [-0.4, -0.2) is 80.4 Å². The van der Waals surface area contributed by atoms with Gasteiger partial charge in [-0.25, -0.2) is 26.7 Å². The number of rotatable bonds is 20. The number of carbonyl (C=O) groups excluding carboxylic acids is 1. The summed E-state index contributed by atoms with van der Waals surface area (Å²) in [6.07, 6.45) is 1.29. The number of hydrogen-bond donors (Lipinski definition) is 1. The van der Waals surface area contributed by atoms with Crippen molar-refractivity contribution in [3.8, 4) is 11.5 Å². The molecule has 0 atom stereocenters.